The largest absolute Gasteiger partial charge is 0.497 e. The van der Waals surface area contributed by atoms with Crippen LogP contribution in [0.5, 0.6) is 11.6 Å². The standard InChI is InChI=1S/C19H19N3O3/c1-12-16(9-14-8-15(24-2)5-6-17(14)22-12)19(23)21-11-13-4-7-18(25-3)20-10-13/h4-10H,11H2,1-3H3,(H,21,23). The lowest BCUT2D eigenvalue weighted by Gasteiger charge is -2.10. The molecule has 0 atom stereocenters. The van der Waals surface area contributed by atoms with E-state index in [-0.39, 0.29) is 5.91 Å². The molecule has 128 valence electrons. The molecule has 6 nitrogen and oxygen atoms in total. The molecule has 1 amide bonds. The topological polar surface area (TPSA) is 73.3 Å². The molecule has 0 aliphatic carbocycles. The number of carbonyl (C=O) groups is 1. The van der Waals surface area contributed by atoms with Crippen molar-refractivity contribution >= 4 is 16.8 Å². The first-order valence-electron chi connectivity index (χ1n) is 7.83. The second-order valence-corrected chi connectivity index (χ2v) is 5.57. The maximum absolute atomic E-state index is 12.5. The van der Waals surface area contributed by atoms with Crippen molar-refractivity contribution in [1.29, 1.82) is 0 Å². The van der Waals surface area contributed by atoms with Crippen molar-refractivity contribution in [2.75, 3.05) is 14.2 Å². The van der Waals surface area contributed by atoms with Crippen molar-refractivity contribution in [2.45, 2.75) is 13.5 Å². The van der Waals surface area contributed by atoms with Crippen LogP contribution in [-0.4, -0.2) is 30.1 Å². The minimum Gasteiger partial charge on any atom is -0.497 e. The van der Waals surface area contributed by atoms with Crippen LogP contribution in [0.2, 0.25) is 0 Å². The minimum atomic E-state index is -0.175. The Bertz CT molecular complexity index is 908. The Labute approximate surface area is 145 Å². The molecule has 0 saturated carbocycles. The molecule has 1 N–H and O–H groups in total. The highest BCUT2D eigenvalue weighted by Crippen LogP contribution is 2.22. The van der Waals surface area contributed by atoms with E-state index in [1.54, 1.807) is 26.5 Å². The zero-order valence-electron chi connectivity index (χ0n) is 14.4. The van der Waals surface area contributed by atoms with Gasteiger partial charge in [-0.05, 0) is 36.8 Å². The predicted molar refractivity (Wildman–Crippen MR) is 95.0 cm³/mol. The number of hydrogen-bond acceptors (Lipinski definition) is 5. The average Bonchev–Trinajstić information content (AvgIpc) is 2.65. The highest BCUT2D eigenvalue weighted by atomic mass is 16.5. The van der Waals surface area contributed by atoms with Crippen molar-refractivity contribution in [3.05, 3.63) is 59.4 Å². The number of nitrogens with zero attached hydrogens (tertiary/aromatic N) is 2. The second-order valence-electron chi connectivity index (χ2n) is 5.57. The zero-order chi connectivity index (χ0) is 17.8. The van der Waals surface area contributed by atoms with Gasteiger partial charge in [0, 0.05) is 24.2 Å². The van der Waals surface area contributed by atoms with Crippen molar-refractivity contribution in [3.63, 3.8) is 0 Å². The molecule has 3 rings (SSSR count). The van der Waals surface area contributed by atoms with Crippen LogP contribution in [0.4, 0.5) is 0 Å². The van der Waals surface area contributed by atoms with Crippen molar-refractivity contribution in [3.8, 4) is 11.6 Å². The van der Waals surface area contributed by atoms with Crippen LogP contribution in [0.1, 0.15) is 21.6 Å². The van der Waals surface area contributed by atoms with E-state index in [1.165, 1.54) is 0 Å². The molecule has 0 fully saturated rings. The summed E-state index contributed by atoms with van der Waals surface area (Å²) in [5.74, 6) is 1.10. The number of rotatable bonds is 5. The Kier molecular flexibility index (Phi) is 4.79. The fraction of sp³-hybridized carbons (Fsp3) is 0.211. The van der Waals surface area contributed by atoms with Gasteiger partial charge in [0.2, 0.25) is 5.88 Å². The number of nitrogens with one attached hydrogen (secondary N) is 1. The summed E-state index contributed by atoms with van der Waals surface area (Å²) >= 11 is 0. The van der Waals surface area contributed by atoms with E-state index in [4.69, 9.17) is 9.47 Å². The molecule has 0 aliphatic heterocycles. The molecular formula is C19H19N3O3. The molecule has 0 bridgehead atoms. The van der Waals surface area contributed by atoms with Gasteiger partial charge in [-0.2, -0.15) is 0 Å². The molecule has 2 aromatic heterocycles. The highest BCUT2D eigenvalue weighted by Gasteiger charge is 2.12. The van der Waals surface area contributed by atoms with Crippen LogP contribution in [0.3, 0.4) is 0 Å². The molecule has 0 radical (unpaired) electrons. The smallest absolute Gasteiger partial charge is 0.253 e. The summed E-state index contributed by atoms with van der Waals surface area (Å²) in [4.78, 5) is 21.2. The number of carbonyl (C=O) groups excluding carboxylic acids is 1. The normalized spacial score (nSPS) is 10.5. The fourth-order valence-corrected chi connectivity index (χ4v) is 2.52. The Morgan fingerprint density at radius 3 is 2.64 bits per heavy atom. The van der Waals surface area contributed by atoms with E-state index in [9.17, 15) is 4.79 Å². The number of pyridine rings is 2. The van der Waals surface area contributed by atoms with Gasteiger partial charge < -0.3 is 14.8 Å². The number of fused-ring (bicyclic) bond motifs is 1. The number of aryl methyl sites for hydroxylation is 1. The summed E-state index contributed by atoms with van der Waals surface area (Å²) in [5.41, 5.74) is 2.95. The Hall–Kier alpha value is -3.15. The van der Waals surface area contributed by atoms with Crippen LogP contribution in [0.25, 0.3) is 10.9 Å². The number of aromatic nitrogens is 2. The highest BCUT2D eigenvalue weighted by molar-refractivity contribution is 5.98. The van der Waals surface area contributed by atoms with E-state index in [0.29, 0.717) is 23.7 Å². The van der Waals surface area contributed by atoms with Crippen LogP contribution < -0.4 is 14.8 Å². The lowest BCUT2D eigenvalue weighted by Crippen LogP contribution is -2.24. The van der Waals surface area contributed by atoms with Gasteiger partial charge in [-0.3, -0.25) is 9.78 Å². The number of amides is 1. The molecule has 0 saturated heterocycles. The van der Waals surface area contributed by atoms with E-state index in [0.717, 1.165) is 22.2 Å². The Morgan fingerprint density at radius 2 is 1.96 bits per heavy atom. The fourth-order valence-electron chi connectivity index (χ4n) is 2.52. The predicted octanol–water partition coefficient (Wildman–Crippen LogP) is 2.89. The van der Waals surface area contributed by atoms with Gasteiger partial charge in [0.1, 0.15) is 5.75 Å². The van der Waals surface area contributed by atoms with Crippen molar-refractivity contribution in [2.24, 2.45) is 0 Å². The summed E-state index contributed by atoms with van der Waals surface area (Å²) in [6.07, 6.45) is 1.68. The third-order valence-electron chi connectivity index (χ3n) is 3.92. The van der Waals surface area contributed by atoms with Gasteiger partial charge >= 0.3 is 0 Å². The monoisotopic (exact) mass is 337 g/mol. The van der Waals surface area contributed by atoms with Crippen molar-refractivity contribution < 1.29 is 14.3 Å². The quantitative estimate of drug-likeness (QED) is 0.775. The first-order chi connectivity index (χ1) is 12.1. The lowest BCUT2D eigenvalue weighted by atomic mass is 10.1. The second kappa shape index (κ2) is 7.17. The Balaban J connectivity index is 1.79. The van der Waals surface area contributed by atoms with Gasteiger partial charge in [0.25, 0.3) is 5.91 Å². The molecule has 25 heavy (non-hydrogen) atoms. The van der Waals surface area contributed by atoms with E-state index < -0.39 is 0 Å². The average molecular weight is 337 g/mol. The third kappa shape index (κ3) is 3.68. The molecule has 1 aromatic carbocycles. The van der Waals surface area contributed by atoms with Gasteiger partial charge in [-0.1, -0.05) is 6.07 Å². The maximum Gasteiger partial charge on any atom is 0.253 e. The minimum absolute atomic E-state index is 0.175. The molecular weight excluding hydrogens is 318 g/mol. The first kappa shape index (κ1) is 16.7. The molecule has 6 heteroatoms. The van der Waals surface area contributed by atoms with E-state index in [2.05, 4.69) is 15.3 Å². The summed E-state index contributed by atoms with van der Waals surface area (Å²) in [5, 5.41) is 3.76. The van der Waals surface area contributed by atoms with E-state index in [1.807, 2.05) is 37.3 Å². The molecule has 0 unspecified atom stereocenters. The molecule has 3 aromatic rings. The van der Waals surface area contributed by atoms with E-state index >= 15 is 0 Å². The molecule has 2 heterocycles. The third-order valence-corrected chi connectivity index (χ3v) is 3.92. The summed E-state index contributed by atoms with van der Waals surface area (Å²) in [7, 11) is 3.17. The van der Waals surface area contributed by atoms with Gasteiger partial charge in [0.15, 0.2) is 0 Å². The van der Waals surface area contributed by atoms with Gasteiger partial charge in [0.05, 0.1) is 31.0 Å². The maximum atomic E-state index is 12.5. The summed E-state index contributed by atoms with van der Waals surface area (Å²) in [6, 6.07) is 11.1. The Morgan fingerprint density at radius 1 is 1.12 bits per heavy atom. The van der Waals surface area contributed by atoms with Crippen molar-refractivity contribution in [1.82, 2.24) is 15.3 Å². The van der Waals surface area contributed by atoms with Gasteiger partial charge in [-0.25, -0.2) is 4.98 Å². The molecule has 0 spiro atoms. The van der Waals surface area contributed by atoms with Gasteiger partial charge in [-0.15, -0.1) is 0 Å². The number of ether oxygens (including phenoxy) is 2. The number of hydrogen-bond donors (Lipinski definition) is 1. The number of methoxy groups -OCH3 is 2. The van der Waals surface area contributed by atoms with Crippen LogP contribution >= 0.6 is 0 Å². The summed E-state index contributed by atoms with van der Waals surface area (Å²) < 4.78 is 10.3. The SMILES string of the molecule is COc1ccc2nc(C)c(C(=O)NCc3ccc(OC)nc3)cc2c1. The van der Waals surface area contributed by atoms with Crippen LogP contribution in [-0.2, 0) is 6.54 Å². The summed E-state index contributed by atoms with van der Waals surface area (Å²) in [6.45, 7) is 2.21. The van der Waals surface area contributed by atoms with Crippen LogP contribution in [0, 0.1) is 6.92 Å². The van der Waals surface area contributed by atoms with Crippen LogP contribution in [0.15, 0.2) is 42.6 Å². The zero-order valence-corrected chi connectivity index (χ0v) is 14.4. The number of benzene rings is 1. The first-order valence-corrected chi connectivity index (χ1v) is 7.83. The molecule has 0 aliphatic rings. The lowest BCUT2D eigenvalue weighted by molar-refractivity contribution is 0.0950.